The van der Waals surface area contributed by atoms with E-state index >= 15 is 0 Å². The molecular formula is C15H25N3O2. The largest absolute Gasteiger partial charge is 0.404 e. The van der Waals surface area contributed by atoms with Gasteiger partial charge in [0.15, 0.2) is 6.29 Å². The average Bonchev–Trinajstić information content (AvgIpc) is 2.49. The summed E-state index contributed by atoms with van der Waals surface area (Å²) in [7, 11) is 4.89. The van der Waals surface area contributed by atoms with Gasteiger partial charge in [-0.15, -0.1) is 0 Å². The topological polar surface area (TPSA) is 68.9 Å². The van der Waals surface area contributed by atoms with Crippen molar-refractivity contribution >= 4 is 6.21 Å². The number of nitrogens with zero attached hydrogens (tertiary/aromatic N) is 1. The number of hydrogen-bond donors (Lipinski definition) is 2. The van der Waals surface area contributed by atoms with Gasteiger partial charge in [-0.2, -0.15) is 0 Å². The van der Waals surface area contributed by atoms with Crippen molar-refractivity contribution in [3.8, 4) is 0 Å². The van der Waals surface area contributed by atoms with Crippen molar-refractivity contribution in [1.29, 1.82) is 0 Å². The van der Waals surface area contributed by atoms with Crippen LogP contribution in [0.3, 0.4) is 0 Å². The zero-order valence-electron chi connectivity index (χ0n) is 12.6. The van der Waals surface area contributed by atoms with Gasteiger partial charge in [0.1, 0.15) is 0 Å². The Labute approximate surface area is 121 Å². The molecule has 0 aromatic carbocycles. The Morgan fingerprint density at radius 3 is 2.35 bits per heavy atom. The zero-order valence-corrected chi connectivity index (χ0v) is 12.6. The highest BCUT2D eigenvalue weighted by Crippen LogP contribution is 2.14. The first kappa shape index (κ1) is 18.3. The predicted octanol–water partition coefficient (Wildman–Crippen LogP) is 1.41. The van der Waals surface area contributed by atoms with E-state index in [4.69, 9.17) is 15.2 Å². The van der Waals surface area contributed by atoms with E-state index in [0.717, 1.165) is 16.7 Å². The van der Waals surface area contributed by atoms with E-state index in [9.17, 15) is 0 Å². The van der Waals surface area contributed by atoms with Crippen molar-refractivity contribution in [2.24, 2.45) is 10.7 Å². The first-order valence-corrected chi connectivity index (χ1v) is 6.27. The Kier molecular flexibility index (Phi) is 10.2. The molecule has 0 aliphatic heterocycles. The third-order valence-electron chi connectivity index (χ3n) is 2.71. The summed E-state index contributed by atoms with van der Waals surface area (Å²) in [5.74, 6) is 0. The Balaban J connectivity index is 4.95. The molecule has 0 atom stereocenters. The molecule has 0 rings (SSSR count). The summed E-state index contributed by atoms with van der Waals surface area (Å²) >= 11 is 0. The van der Waals surface area contributed by atoms with Crippen LogP contribution in [0.15, 0.2) is 53.2 Å². The fraction of sp³-hybridized carbons (Fsp3) is 0.400. The molecule has 0 unspecified atom stereocenters. The second-order valence-electron chi connectivity index (χ2n) is 3.89. The van der Waals surface area contributed by atoms with E-state index in [2.05, 4.69) is 23.5 Å². The maximum absolute atomic E-state index is 5.62. The summed E-state index contributed by atoms with van der Waals surface area (Å²) in [6, 6.07) is 0. The third kappa shape index (κ3) is 5.97. The number of methoxy groups -OCH3 is 2. The van der Waals surface area contributed by atoms with Crippen molar-refractivity contribution in [2.45, 2.75) is 6.29 Å². The van der Waals surface area contributed by atoms with Gasteiger partial charge < -0.3 is 20.5 Å². The minimum atomic E-state index is -0.282. The van der Waals surface area contributed by atoms with Gasteiger partial charge in [0.25, 0.3) is 0 Å². The molecule has 3 N–H and O–H groups in total. The molecular weight excluding hydrogens is 254 g/mol. The predicted molar refractivity (Wildman–Crippen MR) is 84.8 cm³/mol. The highest BCUT2D eigenvalue weighted by molar-refractivity contribution is 5.86. The van der Waals surface area contributed by atoms with Crippen LogP contribution in [-0.2, 0) is 9.47 Å². The van der Waals surface area contributed by atoms with Crippen molar-refractivity contribution < 1.29 is 9.47 Å². The Hall–Kier alpha value is -1.69. The molecule has 0 fully saturated rings. The van der Waals surface area contributed by atoms with Gasteiger partial charge in [-0.3, -0.25) is 4.99 Å². The van der Waals surface area contributed by atoms with Gasteiger partial charge in [-0.1, -0.05) is 25.3 Å². The first-order chi connectivity index (χ1) is 9.68. The molecule has 0 spiro atoms. The number of aliphatic imine (C=N–C) groups is 1. The van der Waals surface area contributed by atoms with Gasteiger partial charge >= 0.3 is 0 Å². The van der Waals surface area contributed by atoms with E-state index in [1.165, 1.54) is 6.20 Å². The molecule has 5 nitrogen and oxygen atoms in total. The Bertz CT molecular complexity index is 394. The highest BCUT2D eigenvalue weighted by atomic mass is 16.7. The monoisotopic (exact) mass is 279 g/mol. The number of allylic oxidation sites excluding steroid dienone is 3. The number of ether oxygens (including phenoxy) is 2. The molecule has 5 heteroatoms. The summed E-state index contributed by atoms with van der Waals surface area (Å²) in [6.07, 6.45) is 6.42. The molecule has 0 heterocycles. The average molecular weight is 279 g/mol. The van der Waals surface area contributed by atoms with E-state index < -0.39 is 0 Å². The second kappa shape index (κ2) is 11.2. The van der Waals surface area contributed by atoms with Crippen molar-refractivity contribution in [1.82, 2.24) is 5.32 Å². The van der Waals surface area contributed by atoms with Crippen LogP contribution in [0.5, 0.6) is 0 Å². The van der Waals surface area contributed by atoms with Crippen molar-refractivity contribution in [2.75, 3.05) is 34.4 Å². The minimum Gasteiger partial charge on any atom is -0.404 e. The van der Waals surface area contributed by atoms with Crippen LogP contribution in [0, 0.1) is 0 Å². The molecule has 0 amide bonds. The smallest absolute Gasteiger partial charge is 0.169 e. The first-order valence-electron chi connectivity index (χ1n) is 6.27. The fourth-order valence-electron chi connectivity index (χ4n) is 1.64. The maximum Gasteiger partial charge on any atom is 0.169 e. The SMILES string of the molecule is C=C/C(CNCC(OC)OC)=C(C=C)/C(C=NC)=C/N. The van der Waals surface area contributed by atoms with Gasteiger partial charge in [0, 0.05) is 52.3 Å². The number of rotatable bonds is 10. The lowest BCUT2D eigenvalue weighted by Gasteiger charge is -2.15. The van der Waals surface area contributed by atoms with E-state index in [-0.39, 0.29) is 6.29 Å². The third-order valence-corrected chi connectivity index (χ3v) is 2.71. The molecule has 0 bridgehead atoms. The normalized spacial score (nSPS) is 13.7. The lowest BCUT2D eigenvalue weighted by atomic mass is 10.0. The van der Waals surface area contributed by atoms with Gasteiger partial charge in [-0.05, 0) is 11.1 Å². The van der Waals surface area contributed by atoms with E-state index in [1.807, 2.05) is 0 Å². The van der Waals surface area contributed by atoms with Crippen LogP contribution >= 0.6 is 0 Å². The molecule has 0 aromatic heterocycles. The second-order valence-corrected chi connectivity index (χ2v) is 3.89. The number of hydrogen-bond acceptors (Lipinski definition) is 5. The van der Waals surface area contributed by atoms with Crippen LogP contribution in [0.2, 0.25) is 0 Å². The van der Waals surface area contributed by atoms with Crippen molar-refractivity contribution in [3.05, 3.63) is 48.2 Å². The number of nitrogens with two attached hydrogens (primary N) is 1. The summed E-state index contributed by atoms with van der Waals surface area (Å²) in [4.78, 5) is 3.98. The Morgan fingerprint density at radius 1 is 1.30 bits per heavy atom. The van der Waals surface area contributed by atoms with Crippen LogP contribution < -0.4 is 11.1 Å². The van der Waals surface area contributed by atoms with Crippen LogP contribution in [0.25, 0.3) is 0 Å². The number of nitrogens with one attached hydrogen (secondary N) is 1. The molecule has 112 valence electrons. The Morgan fingerprint density at radius 2 is 1.95 bits per heavy atom. The lowest BCUT2D eigenvalue weighted by molar-refractivity contribution is -0.0983. The quantitative estimate of drug-likeness (QED) is 0.360. The summed E-state index contributed by atoms with van der Waals surface area (Å²) < 4.78 is 10.2. The molecule has 0 aliphatic carbocycles. The molecule has 0 aliphatic rings. The van der Waals surface area contributed by atoms with Crippen LogP contribution in [-0.4, -0.2) is 46.9 Å². The van der Waals surface area contributed by atoms with Crippen LogP contribution in [0.4, 0.5) is 0 Å². The fourth-order valence-corrected chi connectivity index (χ4v) is 1.64. The summed E-state index contributed by atoms with van der Waals surface area (Å²) in [5, 5.41) is 3.23. The summed E-state index contributed by atoms with van der Waals surface area (Å²) in [6.45, 7) is 8.81. The van der Waals surface area contributed by atoms with Gasteiger partial charge in [0.05, 0.1) is 0 Å². The highest BCUT2D eigenvalue weighted by Gasteiger charge is 2.07. The zero-order chi connectivity index (χ0) is 15.4. The van der Waals surface area contributed by atoms with Crippen LogP contribution in [0.1, 0.15) is 0 Å². The minimum absolute atomic E-state index is 0.282. The standard InChI is InChI=1S/C15H25N3O2/c1-6-12(10-18-11-15(19-4)20-5)14(7-2)13(8-16)9-17-3/h6-9,15,18H,1-2,10-11,16H2,3-5H3/b13-8+,14-12-,17-9?. The summed E-state index contributed by atoms with van der Waals surface area (Å²) in [5.41, 5.74) is 8.29. The lowest BCUT2D eigenvalue weighted by Crippen LogP contribution is -2.31. The molecule has 0 aromatic rings. The van der Waals surface area contributed by atoms with Crippen molar-refractivity contribution in [3.63, 3.8) is 0 Å². The maximum atomic E-state index is 5.62. The molecule has 0 saturated heterocycles. The van der Waals surface area contributed by atoms with E-state index in [0.29, 0.717) is 13.1 Å². The molecule has 0 radical (unpaired) electrons. The van der Waals surface area contributed by atoms with Gasteiger partial charge in [0.2, 0.25) is 0 Å². The van der Waals surface area contributed by atoms with E-state index in [1.54, 1.807) is 39.6 Å². The molecule has 0 saturated carbocycles. The van der Waals surface area contributed by atoms with Gasteiger partial charge in [-0.25, -0.2) is 0 Å². The molecule has 20 heavy (non-hydrogen) atoms.